The number of nitrogen functional groups attached to an aromatic ring is 1. The molecular weight excluding hydrogens is 208 g/mol. The average molecular weight is 226 g/mol. The molecule has 1 aromatic rings. The number of rotatable bonds is 6. The first-order valence-corrected chi connectivity index (χ1v) is 6.17. The minimum absolute atomic E-state index is 0.475. The van der Waals surface area contributed by atoms with Crippen molar-refractivity contribution in [1.29, 1.82) is 0 Å². The maximum atomic E-state index is 5.46. The Bertz CT molecular complexity index is 271. The van der Waals surface area contributed by atoms with E-state index in [2.05, 4.69) is 28.7 Å². The van der Waals surface area contributed by atoms with Crippen LogP contribution in [0.1, 0.15) is 13.8 Å². The Morgan fingerprint density at radius 3 is 2.53 bits per heavy atom. The van der Waals surface area contributed by atoms with Gasteiger partial charge < -0.3 is 10.6 Å². The molecule has 5 heteroatoms. The van der Waals surface area contributed by atoms with Gasteiger partial charge in [0.05, 0.1) is 12.4 Å². The van der Waals surface area contributed by atoms with E-state index in [0.717, 1.165) is 30.4 Å². The van der Waals surface area contributed by atoms with Gasteiger partial charge in [0.15, 0.2) is 0 Å². The zero-order valence-electron chi connectivity index (χ0n) is 9.31. The molecule has 1 aromatic heterocycles. The summed E-state index contributed by atoms with van der Waals surface area (Å²) >= 11 is 1.72. The first-order chi connectivity index (χ1) is 7.26. The third kappa shape index (κ3) is 4.48. The van der Waals surface area contributed by atoms with Crippen LogP contribution in [0.4, 0.5) is 5.82 Å². The van der Waals surface area contributed by atoms with Gasteiger partial charge in [-0.2, -0.15) is 0 Å². The molecule has 0 amide bonds. The Morgan fingerprint density at radius 2 is 2.00 bits per heavy atom. The molecule has 0 bridgehead atoms. The minimum atomic E-state index is 0.475. The van der Waals surface area contributed by atoms with Crippen LogP contribution in [0.3, 0.4) is 0 Å². The van der Waals surface area contributed by atoms with Crippen LogP contribution in [0.15, 0.2) is 17.4 Å². The predicted octanol–water partition coefficient (Wildman–Crippen LogP) is 1.49. The van der Waals surface area contributed by atoms with Gasteiger partial charge in [0, 0.05) is 12.3 Å². The van der Waals surface area contributed by atoms with E-state index in [1.165, 1.54) is 0 Å². The van der Waals surface area contributed by atoms with Gasteiger partial charge in [-0.3, -0.25) is 0 Å². The standard InChI is InChI=1S/C10H18N4S/c1-3-14(4-2)5-6-15-10-8-12-9(11)7-13-10/h7-8H,3-6H2,1-2H3,(H2,11,12). The minimum Gasteiger partial charge on any atom is -0.382 e. The van der Waals surface area contributed by atoms with Crippen molar-refractivity contribution in [1.82, 2.24) is 14.9 Å². The summed E-state index contributed by atoms with van der Waals surface area (Å²) in [5.74, 6) is 1.52. The Morgan fingerprint density at radius 1 is 1.27 bits per heavy atom. The summed E-state index contributed by atoms with van der Waals surface area (Å²) in [6.07, 6.45) is 3.32. The van der Waals surface area contributed by atoms with Gasteiger partial charge in [0.1, 0.15) is 10.8 Å². The van der Waals surface area contributed by atoms with Gasteiger partial charge in [0.25, 0.3) is 0 Å². The van der Waals surface area contributed by atoms with E-state index < -0.39 is 0 Å². The molecule has 0 saturated carbocycles. The summed E-state index contributed by atoms with van der Waals surface area (Å²) in [5, 5.41) is 0.941. The number of aromatic nitrogens is 2. The molecule has 0 aromatic carbocycles. The molecule has 0 aliphatic rings. The van der Waals surface area contributed by atoms with E-state index in [0.29, 0.717) is 5.82 Å². The van der Waals surface area contributed by atoms with E-state index in [4.69, 9.17) is 5.73 Å². The fourth-order valence-corrected chi connectivity index (χ4v) is 2.03. The second kappa shape index (κ2) is 6.63. The number of nitrogens with zero attached hydrogens (tertiary/aromatic N) is 3. The van der Waals surface area contributed by atoms with Crippen molar-refractivity contribution in [2.75, 3.05) is 31.1 Å². The highest BCUT2D eigenvalue weighted by Gasteiger charge is 2.00. The van der Waals surface area contributed by atoms with E-state index in [1.807, 2.05) is 0 Å². The average Bonchev–Trinajstić information content (AvgIpc) is 2.27. The second-order valence-electron chi connectivity index (χ2n) is 3.15. The number of thioether (sulfide) groups is 1. The highest BCUT2D eigenvalue weighted by atomic mass is 32.2. The summed E-state index contributed by atoms with van der Waals surface area (Å²) in [5.41, 5.74) is 5.46. The molecule has 0 aliphatic heterocycles. The van der Waals surface area contributed by atoms with Crippen LogP contribution in [0.2, 0.25) is 0 Å². The van der Waals surface area contributed by atoms with Crippen LogP contribution in [-0.2, 0) is 0 Å². The van der Waals surface area contributed by atoms with Crippen molar-refractivity contribution in [3.05, 3.63) is 12.4 Å². The molecule has 2 N–H and O–H groups in total. The molecule has 1 rings (SSSR count). The van der Waals surface area contributed by atoms with Crippen LogP contribution in [0.25, 0.3) is 0 Å². The number of hydrogen-bond donors (Lipinski definition) is 1. The summed E-state index contributed by atoms with van der Waals surface area (Å²) < 4.78 is 0. The van der Waals surface area contributed by atoms with Crippen molar-refractivity contribution in [2.24, 2.45) is 0 Å². The fraction of sp³-hybridized carbons (Fsp3) is 0.600. The summed E-state index contributed by atoms with van der Waals surface area (Å²) in [7, 11) is 0. The van der Waals surface area contributed by atoms with Crippen LogP contribution in [0, 0.1) is 0 Å². The Kier molecular flexibility index (Phi) is 5.42. The van der Waals surface area contributed by atoms with Crippen LogP contribution < -0.4 is 5.73 Å². The largest absolute Gasteiger partial charge is 0.382 e. The molecule has 0 atom stereocenters. The van der Waals surface area contributed by atoms with E-state index >= 15 is 0 Å². The predicted molar refractivity (Wildman–Crippen MR) is 65.0 cm³/mol. The zero-order valence-corrected chi connectivity index (χ0v) is 10.1. The fourth-order valence-electron chi connectivity index (χ4n) is 1.22. The Labute approximate surface area is 95.3 Å². The summed E-state index contributed by atoms with van der Waals surface area (Å²) in [6.45, 7) is 7.65. The van der Waals surface area contributed by atoms with Crippen molar-refractivity contribution in [3.8, 4) is 0 Å². The topological polar surface area (TPSA) is 55.0 Å². The van der Waals surface area contributed by atoms with Crippen molar-refractivity contribution < 1.29 is 0 Å². The highest BCUT2D eigenvalue weighted by molar-refractivity contribution is 7.99. The van der Waals surface area contributed by atoms with Crippen LogP contribution in [0.5, 0.6) is 0 Å². The molecule has 1 heterocycles. The first kappa shape index (κ1) is 12.3. The lowest BCUT2D eigenvalue weighted by Crippen LogP contribution is -2.25. The van der Waals surface area contributed by atoms with Crippen molar-refractivity contribution in [3.63, 3.8) is 0 Å². The lowest BCUT2D eigenvalue weighted by molar-refractivity contribution is 0.324. The maximum Gasteiger partial charge on any atom is 0.141 e. The number of hydrogen-bond acceptors (Lipinski definition) is 5. The molecule has 0 spiro atoms. The van der Waals surface area contributed by atoms with E-state index in [-0.39, 0.29) is 0 Å². The second-order valence-corrected chi connectivity index (χ2v) is 4.27. The smallest absolute Gasteiger partial charge is 0.141 e. The molecule has 84 valence electrons. The lowest BCUT2D eigenvalue weighted by atomic mass is 10.5. The van der Waals surface area contributed by atoms with Gasteiger partial charge in [0.2, 0.25) is 0 Å². The first-order valence-electron chi connectivity index (χ1n) is 5.19. The highest BCUT2D eigenvalue weighted by Crippen LogP contribution is 2.13. The quantitative estimate of drug-likeness (QED) is 0.745. The SMILES string of the molecule is CCN(CC)CCSc1cnc(N)cn1. The Balaban J connectivity index is 2.28. The van der Waals surface area contributed by atoms with Crippen LogP contribution >= 0.6 is 11.8 Å². The zero-order chi connectivity index (χ0) is 11.1. The third-order valence-corrected chi connectivity index (χ3v) is 3.09. The molecule has 0 aliphatic carbocycles. The normalized spacial score (nSPS) is 10.9. The number of nitrogens with two attached hydrogens (primary N) is 1. The molecular formula is C10H18N4S. The maximum absolute atomic E-state index is 5.46. The molecule has 15 heavy (non-hydrogen) atoms. The number of anilines is 1. The van der Waals surface area contributed by atoms with Crippen molar-refractivity contribution in [2.45, 2.75) is 18.9 Å². The molecule has 0 saturated heterocycles. The third-order valence-electron chi connectivity index (χ3n) is 2.20. The van der Waals surface area contributed by atoms with Crippen LogP contribution in [-0.4, -0.2) is 40.3 Å². The summed E-state index contributed by atoms with van der Waals surface area (Å²) in [6, 6.07) is 0. The molecule has 0 radical (unpaired) electrons. The van der Waals surface area contributed by atoms with Crippen molar-refractivity contribution >= 4 is 17.6 Å². The lowest BCUT2D eigenvalue weighted by Gasteiger charge is -2.16. The Hall–Kier alpha value is -0.810. The monoisotopic (exact) mass is 226 g/mol. The van der Waals surface area contributed by atoms with Gasteiger partial charge in [-0.15, -0.1) is 11.8 Å². The van der Waals surface area contributed by atoms with Gasteiger partial charge in [-0.1, -0.05) is 13.8 Å². The van der Waals surface area contributed by atoms with Gasteiger partial charge in [-0.25, -0.2) is 9.97 Å². The molecule has 4 nitrogen and oxygen atoms in total. The van der Waals surface area contributed by atoms with Gasteiger partial charge >= 0.3 is 0 Å². The summed E-state index contributed by atoms with van der Waals surface area (Å²) in [4.78, 5) is 10.6. The molecule has 0 unspecified atom stereocenters. The van der Waals surface area contributed by atoms with E-state index in [9.17, 15) is 0 Å². The van der Waals surface area contributed by atoms with E-state index in [1.54, 1.807) is 24.2 Å². The molecule has 0 fully saturated rings. The van der Waals surface area contributed by atoms with Gasteiger partial charge in [-0.05, 0) is 13.1 Å².